The number of thioether (sulfide) groups is 1. The summed E-state index contributed by atoms with van der Waals surface area (Å²) in [6, 6.07) is 9.38. The zero-order chi connectivity index (χ0) is 24.0. The molecular formula is C23H22ClFN2O5S. The van der Waals surface area contributed by atoms with Crippen LogP contribution in [0.2, 0.25) is 5.02 Å². The maximum absolute atomic E-state index is 13.8. The van der Waals surface area contributed by atoms with Gasteiger partial charge >= 0.3 is 0 Å². The molecule has 0 unspecified atom stereocenters. The number of imide groups is 1. The minimum Gasteiger partial charge on any atom is -0.493 e. The highest BCUT2D eigenvalue weighted by Crippen LogP contribution is 2.34. The van der Waals surface area contributed by atoms with E-state index in [9.17, 15) is 18.8 Å². The van der Waals surface area contributed by atoms with E-state index in [2.05, 4.69) is 5.32 Å². The van der Waals surface area contributed by atoms with Crippen LogP contribution < -0.4 is 14.8 Å². The number of benzene rings is 2. The summed E-state index contributed by atoms with van der Waals surface area (Å²) in [6.45, 7) is 2.37. The topological polar surface area (TPSA) is 84.9 Å². The number of nitrogens with zero attached hydrogens (tertiary/aromatic N) is 1. The van der Waals surface area contributed by atoms with Crippen molar-refractivity contribution in [2.75, 3.05) is 26.8 Å². The van der Waals surface area contributed by atoms with E-state index >= 15 is 0 Å². The van der Waals surface area contributed by atoms with E-state index in [0.717, 1.165) is 16.7 Å². The highest BCUT2D eigenvalue weighted by Gasteiger charge is 2.34. The lowest BCUT2D eigenvalue weighted by atomic mass is 10.1. The summed E-state index contributed by atoms with van der Waals surface area (Å²) in [5.74, 6) is -0.393. The van der Waals surface area contributed by atoms with Crippen LogP contribution in [0.5, 0.6) is 11.5 Å². The molecule has 10 heteroatoms. The molecule has 0 saturated carbocycles. The molecule has 1 aliphatic rings. The summed E-state index contributed by atoms with van der Waals surface area (Å²) >= 11 is 6.75. The minimum atomic E-state index is -0.570. The van der Waals surface area contributed by atoms with Crippen molar-refractivity contribution in [3.63, 3.8) is 0 Å². The minimum absolute atomic E-state index is 0.00858. The molecule has 0 bridgehead atoms. The van der Waals surface area contributed by atoms with Crippen LogP contribution in [0.4, 0.5) is 9.18 Å². The number of nitrogens with one attached hydrogen (secondary N) is 1. The Kier molecular flexibility index (Phi) is 8.35. The predicted octanol–water partition coefficient (Wildman–Crippen LogP) is 4.28. The molecule has 0 radical (unpaired) electrons. The van der Waals surface area contributed by atoms with Gasteiger partial charge in [-0.25, -0.2) is 4.39 Å². The predicted molar refractivity (Wildman–Crippen MR) is 125 cm³/mol. The number of carbonyl (C=O) groups is 3. The summed E-state index contributed by atoms with van der Waals surface area (Å²) in [5.41, 5.74) is 0.771. The lowest BCUT2D eigenvalue weighted by Gasteiger charge is -2.13. The van der Waals surface area contributed by atoms with Crippen LogP contribution in [0.25, 0.3) is 6.08 Å². The third-order valence-electron chi connectivity index (χ3n) is 4.72. The van der Waals surface area contributed by atoms with Crippen LogP contribution in [0, 0.1) is 5.82 Å². The first-order chi connectivity index (χ1) is 15.8. The van der Waals surface area contributed by atoms with Crippen LogP contribution >= 0.6 is 23.4 Å². The summed E-state index contributed by atoms with van der Waals surface area (Å²) < 4.78 is 24.6. The fourth-order valence-corrected chi connectivity index (χ4v) is 4.22. The maximum atomic E-state index is 13.8. The van der Waals surface area contributed by atoms with Gasteiger partial charge in [0.15, 0.2) is 11.5 Å². The van der Waals surface area contributed by atoms with Crippen molar-refractivity contribution < 1.29 is 28.2 Å². The molecule has 1 fully saturated rings. The van der Waals surface area contributed by atoms with Gasteiger partial charge in [-0.1, -0.05) is 23.7 Å². The number of carbonyl (C=O) groups excluding carboxylic acids is 3. The molecule has 7 nitrogen and oxygen atoms in total. The molecule has 2 aromatic carbocycles. The second-order valence-corrected chi connectivity index (χ2v) is 8.30. The Morgan fingerprint density at radius 2 is 2.03 bits per heavy atom. The molecule has 3 amide bonds. The van der Waals surface area contributed by atoms with E-state index in [4.69, 9.17) is 21.1 Å². The molecule has 33 heavy (non-hydrogen) atoms. The number of ether oxygens (including phenoxy) is 2. The first-order valence-electron chi connectivity index (χ1n) is 10.1. The molecule has 174 valence electrons. The van der Waals surface area contributed by atoms with Crippen molar-refractivity contribution in [1.82, 2.24) is 10.2 Å². The van der Waals surface area contributed by atoms with Crippen molar-refractivity contribution in [3.8, 4) is 11.5 Å². The van der Waals surface area contributed by atoms with Crippen LogP contribution in [0.3, 0.4) is 0 Å². The average molecular weight is 493 g/mol. The molecule has 0 aliphatic carbocycles. The number of methoxy groups -OCH3 is 1. The van der Waals surface area contributed by atoms with Crippen molar-refractivity contribution in [1.29, 1.82) is 0 Å². The van der Waals surface area contributed by atoms with E-state index in [1.807, 2.05) is 6.92 Å². The maximum Gasteiger partial charge on any atom is 0.293 e. The second-order valence-electron chi connectivity index (χ2n) is 6.90. The highest BCUT2D eigenvalue weighted by molar-refractivity contribution is 8.18. The smallest absolute Gasteiger partial charge is 0.293 e. The van der Waals surface area contributed by atoms with Gasteiger partial charge in [-0.3, -0.25) is 19.3 Å². The lowest BCUT2D eigenvalue weighted by molar-refractivity contribution is -0.124. The molecule has 2 aromatic rings. The van der Waals surface area contributed by atoms with Gasteiger partial charge in [0.05, 0.1) is 25.0 Å². The number of rotatable bonds is 9. The number of halogens is 2. The number of hydrogen-bond acceptors (Lipinski definition) is 6. The zero-order valence-corrected chi connectivity index (χ0v) is 19.6. The summed E-state index contributed by atoms with van der Waals surface area (Å²) in [4.78, 5) is 38.4. The highest BCUT2D eigenvalue weighted by atomic mass is 35.5. The van der Waals surface area contributed by atoms with Gasteiger partial charge in [-0.15, -0.1) is 0 Å². The Hall–Kier alpha value is -3.04. The van der Waals surface area contributed by atoms with Gasteiger partial charge in [0, 0.05) is 23.7 Å². The molecule has 1 heterocycles. The normalized spacial score (nSPS) is 14.7. The van der Waals surface area contributed by atoms with E-state index in [1.54, 1.807) is 24.3 Å². The Labute approximate surface area is 199 Å². The molecule has 0 atom stereocenters. The van der Waals surface area contributed by atoms with Crippen LogP contribution in [-0.2, 0) is 16.0 Å². The average Bonchev–Trinajstić information content (AvgIpc) is 3.05. The molecular weight excluding hydrogens is 471 g/mol. The van der Waals surface area contributed by atoms with Gasteiger partial charge < -0.3 is 14.8 Å². The molecule has 3 rings (SSSR count). The second kappa shape index (κ2) is 11.2. The van der Waals surface area contributed by atoms with Crippen molar-refractivity contribution in [2.24, 2.45) is 0 Å². The largest absolute Gasteiger partial charge is 0.493 e. The monoisotopic (exact) mass is 492 g/mol. The van der Waals surface area contributed by atoms with E-state index in [-0.39, 0.29) is 35.0 Å². The van der Waals surface area contributed by atoms with Gasteiger partial charge in [-0.05, 0) is 54.6 Å². The van der Waals surface area contributed by atoms with Gasteiger partial charge in [0.1, 0.15) is 5.82 Å². The third-order valence-corrected chi connectivity index (χ3v) is 5.98. The van der Waals surface area contributed by atoms with Crippen molar-refractivity contribution in [3.05, 3.63) is 63.3 Å². The SMILES string of the molecule is CCOc1ccc(/C=C2\SC(=O)N(CCNC(=O)Cc3c(F)cccc3Cl)C2=O)cc1OC. The van der Waals surface area contributed by atoms with Gasteiger partial charge in [0.25, 0.3) is 11.1 Å². The van der Waals surface area contributed by atoms with Gasteiger partial charge in [-0.2, -0.15) is 0 Å². The summed E-state index contributed by atoms with van der Waals surface area (Å²) in [5, 5.41) is 2.31. The fourth-order valence-electron chi connectivity index (χ4n) is 3.12. The molecule has 0 spiro atoms. The zero-order valence-electron chi connectivity index (χ0n) is 18.0. The molecule has 1 saturated heterocycles. The Balaban J connectivity index is 1.59. The van der Waals surface area contributed by atoms with E-state index in [0.29, 0.717) is 23.7 Å². The van der Waals surface area contributed by atoms with Crippen LogP contribution in [0.15, 0.2) is 41.3 Å². The Morgan fingerprint density at radius 1 is 1.24 bits per heavy atom. The Morgan fingerprint density at radius 3 is 2.73 bits per heavy atom. The lowest BCUT2D eigenvalue weighted by Crippen LogP contribution is -2.37. The fraction of sp³-hybridized carbons (Fsp3) is 0.261. The van der Waals surface area contributed by atoms with Crippen molar-refractivity contribution in [2.45, 2.75) is 13.3 Å². The van der Waals surface area contributed by atoms with E-state index in [1.165, 1.54) is 25.3 Å². The summed E-state index contributed by atoms with van der Waals surface area (Å²) in [7, 11) is 1.52. The molecule has 0 aromatic heterocycles. The Bertz CT molecular complexity index is 1090. The van der Waals surface area contributed by atoms with E-state index < -0.39 is 22.9 Å². The quantitative estimate of drug-likeness (QED) is 0.526. The van der Waals surface area contributed by atoms with Crippen LogP contribution in [-0.4, -0.2) is 48.8 Å². The standard InChI is InChI=1S/C23H22ClFN2O5S/c1-3-32-18-8-7-14(11-19(18)31-2)12-20-22(29)27(23(30)33-20)10-9-26-21(28)13-15-16(24)5-4-6-17(15)25/h4-8,11-12H,3,9-10,13H2,1-2H3,(H,26,28)/b20-12-. The number of amides is 3. The third kappa shape index (κ3) is 6.06. The number of hydrogen-bond donors (Lipinski definition) is 1. The molecule has 1 aliphatic heterocycles. The van der Waals surface area contributed by atoms with Crippen molar-refractivity contribution >= 4 is 46.5 Å². The first kappa shape index (κ1) is 24.6. The van der Waals surface area contributed by atoms with Gasteiger partial charge in [0.2, 0.25) is 5.91 Å². The van der Waals surface area contributed by atoms with Crippen LogP contribution in [0.1, 0.15) is 18.1 Å². The molecule has 1 N–H and O–H groups in total. The first-order valence-corrected chi connectivity index (χ1v) is 11.3. The summed E-state index contributed by atoms with van der Waals surface area (Å²) in [6.07, 6.45) is 1.36.